The number of hydrogen-bond donors (Lipinski definition) is 2. The van der Waals surface area contributed by atoms with Gasteiger partial charge in [-0.05, 0) is 35.9 Å². The number of hydrogen-bond acceptors (Lipinski definition) is 3. The topological polar surface area (TPSA) is 58.2 Å². The number of amides is 2. The van der Waals surface area contributed by atoms with E-state index in [9.17, 15) is 22.8 Å². The van der Waals surface area contributed by atoms with Crippen molar-refractivity contribution in [3.8, 4) is 0 Å². The third kappa shape index (κ3) is 4.33. The van der Waals surface area contributed by atoms with Gasteiger partial charge in [0.1, 0.15) is 0 Å². The normalized spacial score (nSPS) is 13.8. The van der Waals surface area contributed by atoms with Gasteiger partial charge >= 0.3 is 6.18 Å². The van der Waals surface area contributed by atoms with Gasteiger partial charge in [0, 0.05) is 10.6 Å². The van der Waals surface area contributed by atoms with Crippen molar-refractivity contribution in [1.82, 2.24) is 0 Å². The van der Waals surface area contributed by atoms with Crippen molar-refractivity contribution in [1.29, 1.82) is 0 Å². The van der Waals surface area contributed by atoms with Crippen molar-refractivity contribution in [2.24, 2.45) is 0 Å². The molecule has 1 aliphatic heterocycles. The molecule has 0 saturated heterocycles. The van der Waals surface area contributed by atoms with E-state index in [1.807, 2.05) is 0 Å². The number of carbonyl (C=O) groups excluding carboxylic acids is 2. The maximum Gasteiger partial charge on any atom is 0.416 e. The first-order chi connectivity index (χ1) is 11.8. The van der Waals surface area contributed by atoms with Crippen LogP contribution in [0.15, 0.2) is 47.4 Å². The van der Waals surface area contributed by atoms with Crippen LogP contribution in [0.2, 0.25) is 0 Å². The minimum Gasteiger partial charge on any atom is -0.326 e. The fourth-order valence-electron chi connectivity index (χ4n) is 2.36. The van der Waals surface area contributed by atoms with Crippen molar-refractivity contribution in [2.75, 3.05) is 16.4 Å². The number of carbonyl (C=O) groups is 2. The van der Waals surface area contributed by atoms with Crippen LogP contribution in [0.1, 0.15) is 11.1 Å². The summed E-state index contributed by atoms with van der Waals surface area (Å²) >= 11 is 1.41. The summed E-state index contributed by atoms with van der Waals surface area (Å²) in [5.41, 5.74) is 0.874. The first-order valence-corrected chi connectivity index (χ1v) is 8.32. The largest absolute Gasteiger partial charge is 0.416 e. The second-order valence-electron chi connectivity index (χ2n) is 5.47. The second-order valence-corrected chi connectivity index (χ2v) is 6.48. The van der Waals surface area contributed by atoms with Crippen molar-refractivity contribution in [3.63, 3.8) is 0 Å². The summed E-state index contributed by atoms with van der Waals surface area (Å²) in [7, 11) is 0. The Balaban J connectivity index is 1.65. The molecule has 2 aromatic carbocycles. The highest BCUT2D eigenvalue weighted by atomic mass is 32.2. The predicted molar refractivity (Wildman–Crippen MR) is 89.6 cm³/mol. The fraction of sp³-hybridized carbons (Fsp3) is 0.176. The Morgan fingerprint density at radius 1 is 1.16 bits per heavy atom. The Hall–Kier alpha value is -2.48. The minimum atomic E-state index is -4.40. The quantitative estimate of drug-likeness (QED) is 0.865. The lowest BCUT2D eigenvalue weighted by Gasteiger charge is -2.17. The van der Waals surface area contributed by atoms with Gasteiger partial charge in [-0.15, -0.1) is 11.8 Å². The lowest BCUT2D eigenvalue weighted by molar-refractivity contribution is -0.137. The number of nitrogens with one attached hydrogen (secondary N) is 2. The lowest BCUT2D eigenvalue weighted by Crippen LogP contribution is -2.19. The number of benzene rings is 2. The van der Waals surface area contributed by atoms with Crippen LogP contribution >= 0.6 is 11.8 Å². The van der Waals surface area contributed by atoms with Gasteiger partial charge < -0.3 is 10.6 Å². The zero-order valence-corrected chi connectivity index (χ0v) is 13.6. The summed E-state index contributed by atoms with van der Waals surface area (Å²) in [6, 6.07) is 9.64. The molecule has 0 saturated carbocycles. The molecule has 25 heavy (non-hydrogen) atoms. The first-order valence-electron chi connectivity index (χ1n) is 7.34. The van der Waals surface area contributed by atoms with Gasteiger partial charge in [0.15, 0.2) is 0 Å². The molecular weight excluding hydrogens is 353 g/mol. The Morgan fingerprint density at radius 3 is 2.56 bits per heavy atom. The zero-order valence-electron chi connectivity index (χ0n) is 12.8. The van der Waals surface area contributed by atoms with Crippen molar-refractivity contribution >= 4 is 35.0 Å². The van der Waals surface area contributed by atoms with Crippen LogP contribution in [-0.2, 0) is 22.2 Å². The third-order valence-electron chi connectivity index (χ3n) is 3.54. The number of anilines is 2. The molecule has 4 nitrogen and oxygen atoms in total. The molecule has 1 aliphatic rings. The van der Waals surface area contributed by atoms with Gasteiger partial charge in [-0.1, -0.05) is 12.1 Å². The summed E-state index contributed by atoms with van der Waals surface area (Å²) in [6.45, 7) is 0. The summed E-state index contributed by atoms with van der Waals surface area (Å²) in [5.74, 6) is -0.104. The van der Waals surface area contributed by atoms with E-state index in [1.54, 1.807) is 18.2 Å². The maximum atomic E-state index is 12.5. The average molecular weight is 366 g/mol. The van der Waals surface area contributed by atoms with Gasteiger partial charge in [0.2, 0.25) is 11.8 Å². The van der Waals surface area contributed by atoms with Crippen molar-refractivity contribution in [2.45, 2.75) is 17.5 Å². The van der Waals surface area contributed by atoms with E-state index in [0.29, 0.717) is 22.7 Å². The standard InChI is InChI=1S/C17H13F3N2O2S/c18-17(19,20)11-3-1-10(2-4-11)7-15(23)21-12-5-6-14-13(8-12)22-16(24)9-25-14/h1-6,8H,7,9H2,(H,21,23)(H,22,24). The molecule has 0 spiro atoms. The van der Waals surface area contributed by atoms with E-state index in [0.717, 1.165) is 17.0 Å². The summed E-state index contributed by atoms with van der Waals surface area (Å²) in [4.78, 5) is 24.4. The highest BCUT2D eigenvalue weighted by Gasteiger charge is 2.30. The van der Waals surface area contributed by atoms with E-state index in [1.165, 1.54) is 23.9 Å². The summed E-state index contributed by atoms with van der Waals surface area (Å²) < 4.78 is 37.6. The molecule has 0 aliphatic carbocycles. The van der Waals surface area contributed by atoms with E-state index in [2.05, 4.69) is 10.6 Å². The summed E-state index contributed by atoms with van der Waals surface area (Å²) in [6.07, 6.45) is -4.44. The molecule has 0 radical (unpaired) electrons. The molecule has 2 amide bonds. The predicted octanol–water partition coefficient (Wildman–Crippen LogP) is 3.93. The van der Waals surface area contributed by atoms with Crippen LogP contribution in [-0.4, -0.2) is 17.6 Å². The minimum absolute atomic E-state index is 0.0453. The smallest absolute Gasteiger partial charge is 0.326 e. The second kappa shape index (κ2) is 6.79. The van der Waals surface area contributed by atoms with Crippen molar-refractivity contribution in [3.05, 3.63) is 53.6 Å². The lowest BCUT2D eigenvalue weighted by atomic mass is 10.1. The molecule has 0 fully saturated rings. The molecule has 2 N–H and O–H groups in total. The SMILES string of the molecule is O=C(Cc1ccc(C(F)(F)F)cc1)Nc1ccc2c(c1)NC(=O)CS2. The van der Waals surface area contributed by atoms with Gasteiger partial charge in [-0.3, -0.25) is 9.59 Å². The van der Waals surface area contributed by atoms with Crippen molar-refractivity contribution < 1.29 is 22.8 Å². The number of fused-ring (bicyclic) bond motifs is 1. The number of halogens is 3. The molecule has 0 aromatic heterocycles. The Kier molecular flexibility index (Phi) is 4.71. The van der Waals surface area contributed by atoms with Crippen LogP contribution in [0.3, 0.4) is 0 Å². The van der Waals surface area contributed by atoms with Gasteiger partial charge in [0.25, 0.3) is 0 Å². The van der Waals surface area contributed by atoms with Gasteiger partial charge in [-0.2, -0.15) is 13.2 Å². The molecule has 0 unspecified atom stereocenters. The zero-order chi connectivity index (χ0) is 18.0. The number of alkyl halides is 3. The first kappa shape index (κ1) is 17.3. The molecule has 8 heteroatoms. The van der Waals surface area contributed by atoms with Crippen LogP contribution in [0.25, 0.3) is 0 Å². The molecule has 3 rings (SSSR count). The van der Waals surface area contributed by atoms with E-state index in [-0.39, 0.29) is 18.2 Å². The summed E-state index contributed by atoms with van der Waals surface area (Å²) in [5, 5.41) is 5.40. The van der Waals surface area contributed by atoms with E-state index >= 15 is 0 Å². The Bertz CT molecular complexity index is 820. The third-order valence-corrected chi connectivity index (χ3v) is 4.62. The molecule has 0 atom stereocenters. The van der Waals surface area contributed by atoms with Crippen LogP contribution in [0.5, 0.6) is 0 Å². The average Bonchev–Trinajstić information content (AvgIpc) is 2.54. The van der Waals surface area contributed by atoms with Gasteiger partial charge in [0.05, 0.1) is 23.4 Å². The van der Waals surface area contributed by atoms with Crippen LogP contribution in [0, 0.1) is 0 Å². The Morgan fingerprint density at radius 2 is 1.88 bits per heavy atom. The molecular formula is C17H13F3N2O2S. The maximum absolute atomic E-state index is 12.5. The number of thioether (sulfide) groups is 1. The van der Waals surface area contributed by atoms with Crippen LogP contribution in [0.4, 0.5) is 24.5 Å². The molecule has 2 aromatic rings. The highest BCUT2D eigenvalue weighted by Crippen LogP contribution is 2.33. The van der Waals surface area contributed by atoms with Gasteiger partial charge in [-0.25, -0.2) is 0 Å². The number of rotatable bonds is 3. The molecule has 0 bridgehead atoms. The van der Waals surface area contributed by atoms with Crippen LogP contribution < -0.4 is 10.6 Å². The fourth-order valence-corrected chi connectivity index (χ4v) is 3.15. The highest BCUT2D eigenvalue weighted by molar-refractivity contribution is 8.00. The molecule has 1 heterocycles. The monoisotopic (exact) mass is 366 g/mol. The van der Waals surface area contributed by atoms with E-state index < -0.39 is 11.7 Å². The Labute approximate surface area is 145 Å². The van der Waals surface area contributed by atoms with E-state index in [4.69, 9.17) is 0 Å². The molecule has 130 valence electrons.